The highest BCUT2D eigenvalue weighted by molar-refractivity contribution is 7.17. The Morgan fingerprint density at radius 3 is 2.18 bits per heavy atom. The van der Waals surface area contributed by atoms with Crippen LogP contribution in [0.4, 0.5) is 0 Å². The number of hydrogen-bond acceptors (Lipinski definition) is 4. The van der Waals surface area contributed by atoms with Crippen LogP contribution in [0, 0.1) is 0 Å². The molecule has 1 N–H and O–H groups in total. The molecule has 0 radical (unpaired) electrons. The van der Waals surface area contributed by atoms with Crippen LogP contribution in [0.1, 0.15) is 0 Å². The molecule has 4 rings (SSSR count). The standard InChI is InChI=1S/C16H11N5S/c1-3-7-12(8-4-1)14-15(13-9-5-2-6-10-13)22-16(19-14)21-18-11-17-20-21/h1-11H/p+1. The van der Waals surface area contributed by atoms with Gasteiger partial charge in [0.1, 0.15) is 0 Å². The second-order valence-corrected chi connectivity index (χ2v) is 5.66. The van der Waals surface area contributed by atoms with Crippen molar-refractivity contribution in [1.82, 2.24) is 20.4 Å². The minimum absolute atomic E-state index is 0.759. The van der Waals surface area contributed by atoms with Crippen LogP contribution in [0.2, 0.25) is 0 Å². The zero-order valence-corrected chi connectivity index (χ0v) is 12.4. The van der Waals surface area contributed by atoms with Crippen molar-refractivity contribution < 1.29 is 4.80 Å². The predicted molar refractivity (Wildman–Crippen MR) is 84.5 cm³/mol. The molecule has 0 saturated carbocycles. The first-order valence-corrected chi connectivity index (χ1v) is 7.64. The van der Waals surface area contributed by atoms with Crippen LogP contribution >= 0.6 is 11.3 Å². The van der Waals surface area contributed by atoms with Crippen LogP contribution in [0.25, 0.3) is 26.8 Å². The first-order chi connectivity index (χ1) is 10.9. The number of tetrazole rings is 1. The van der Waals surface area contributed by atoms with Crippen molar-refractivity contribution in [3.05, 3.63) is 67.0 Å². The minimum atomic E-state index is 0.759. The van der Waals surface area contributed by atoms with Crippen molar-refractivity contribution in [2.24, 2.45) is 0 Å². The number of nitrogens with one attached hydrogen (secondary N) is 1. The van der Waals surface area contributed by atoms with Gasteiger partial charge in [0.25, 0.3) is 0 Å². The zero-order chi connectivity index (χ0) is 14.8. The van der Waals surface area contributed by atoms with Crippen LogP contribution in [0.5, 0.6) is 0 Å². The van der Waals surface area contributed by atoms with Crippen molar-refractivity contribution in [3.63, 3.8) is 0 Å². The highest BCUT2D eigenvalue weighted by Gasteiger charge is 2.22. The molecule has 2 aromatic heterocycles. The molecule has 0 aliphatic heterocycles. The van der Waals surface area contributed by atoms with E-state index in [1.807, 2.05) is 36.4 Å². The number of H-pyrrole nitrogens is 1. The van der Waals surface area contributed by atoms with Gasteiger partial charge in [-0.15, -0.1) is 0 Å². The minimum Gasteiger partial charge on any atom is -0.195 e. The number of nitrogens with zero attached hydrogens (tertiary/aromatic N) is 4. The van der Waals surface area contributed by atoms with Crippen molar-refractivity contribution in [1.29, 1.82) is 0 Å². The molecule has 0 saturated heterocycles. The van der Waals surface area contributed by atoms with Crippen LogP contribution in [0.15, 0.2) is 67.0 Å². The molecule has 0 spiro atoms. The Morgan fingerprint density at radius 1 is 0.864 bits per heavy atom. The van der Waals surface area contributed by atoms with Crippen LogP contribution in [-0.2, 0) is 0 Å². The van der Waals surface area contributed by atoms with Crippen molar-refractivity contribution in [2.45, 2.75) is 0 Å². The molecule has 0 aliphatic carbocycles. The summed E-state index contributed by atoms with van der Waals surface area (Å²) in [5.41, 5.74) is 3.19. The first kappa shape index (κ1) is 12.8. The molecule has 0 aliphatic rings. The van der Waals surface area contributed by atoms with Gasteiger partial charge >= 0.3 is 5.13 Å². The van der Waals surface area contributed by atoms with E-state index in [0.29, 0.717) is 0 Å². The fraction of sp³-hybridized carbons (Fsp3) is 0. The SMILES string of the molecule is c1ccc(-c2nc(-[n+]3nnc[nH]3)sc2-c2ccccc2)cc1. The quantitative estimate of drug-likeness (QED) is 0.592. The second-order valence-electron chi connectivity index (χ2n) is 4.68. The molecule has 22 heavy (non-hydrogen) atoms. The molecule has 4 aromatic rings. The highest BCUT2D eigenvalue weighted by Crippen LogP contribution is 2.36. The van der Waals surface area contributed by atoms with Crippen LogP contribution < -0.4 is 4.80 Å². The summed E-state index contributed by atoms with van der Waals surface area (Å²) in [5, 5.41) is 11.5. The summed E-state index contributed by atoms with van der Waals surface area (Å²) in [6.45, 7) is 0. The van der Waals surface area contributed by atoms with E-state index < -0.39 is 0 Å². The van der Waals surface area contributed by atoms with Gasteiger partial charge in [-0.05, 0) is 10.4 Å². The van der Waals surface area contributed by atoms with E-state index >= 15 is 0 Å². The number of benzene rings is 2. The molecule has 6 heteroatoms. The third-order valence-corrected chi connectivity index (χ3v) is 4.34. The Labute approximate surface area is 130 Å². The molecule has 2 aromatic carbocycles. The predicted octanol–water partition coefficient (Wildman–Crippen LogP) is 2.87. The second kappa shape index (κ2) is 5.50. The summed E-state index contributed by atoms with van der Waals surface area (Å²) in [5.74, 6) is 0. The van der Waals surface area contributed by atoms with Crippen molar-refractivity contribution in [2.75, 3.05) is 0 Å². The summed E-state index contributed by atoms with van der Waals surface area (Å²) in [7, 11) is 0. The maximum Gasteiger partial charge on any atom is 0.364 e. The highest BCUT2D eigenvalue weighted by atomic mass is 32.1. The Morgan fingerprint density at radius 2 is 1.55 bits per heavy atom. The molecule has 0 unspecified atom stereocenters. The van der Waals surface area contributed by atoms with Crippen LogP contribution in [-0.4, -0.2) is 20.4 Å². The Hall–Kier alpha value is -2.86. The zero-order valence-electron chi connectivity index (χ0n) is 11.5. The summed E-state index contributed by atoms with van der Waals surface area (Å²) >= 11 is 1.58. The van der Waals surface area contributed by atoms with Crippen molar-refractivity contribution in [3.8, 4) is 26.8 Å². The van der Waals surface area contributed by atoms with Gasteiger partial charge in [-0.1, -0.05) is 77.0 Å². The van der Waals surface area contributed by atoms with Gasteiger partial charge in [0.2, 0.25) is 6.33 Å². The lowest BCUT2D eigenvalue weighted by Crippen LogP contribution is -2.35. The van der Waals surface area contributed by atoms with Gasteiger partial charge < -0.3 is 0 Å². The molecular formula is C16H12N5S+. The van der Waals surface area contributed by atoms with Gasteiger partial charge in [-0.25, -0.2) is 0 Å². The van der Waals surface area contributed by atoms with Gasteiger partial charge in [0.05, 0.1) is 10.1 Å². The summed E-state index contributed by atoms with van der Waals surface area (Å²) in [4.78, 5) is 7.44. The molecule has 0 bridgehead atoms. The molecule has 0 atom stereocenters. The van der Waals surface area contributed by atoms with Crippen LogP contribution in [0.3, 0.4) is 0 Å². The maximum absolute atomic E-state index is 4.75. The lowest BCUT2D eigenvalue weighted by atomic mass is 10.1. The number of hydrogen-bond donors (Lipinski definition) is 1. The van der Waals surface area contributed by atoms with Gasteiger partial charge in [0, 0.05) is 10.7 Å². The smallest absolute Gasteiger partial charge is 0.195 e. The van der Waals surface area contributed by atoms with E-state index in [1.54, 1.807) is 16.1 Å². The lowest BCUT2D eigenvalue weighted by Gasteiger charge is -1.99. The molecule has 0 fully saturated rings. The van der Waals surface area contributed by atoms with E-state index in [4.69, 9.17) is 4.98 Å². The number of aromatic amines is 1. The number of thiazole rings is 1. The first-order valence-electron chi connectivity index (χ1n) is 6.82. The Bertz CT molecular complexity index is 813. The normalized spacial score (nSPS) is 10.7. The third kappa shape index (κ3) is 2.29. The van der Waals surface area contributed by atoms with Crippen molar-refractivity contribution >= 4 is 11.3 Å². The van der Waals surface area contributed by atoms with E-state index in [2.05, 4.69) is 39.7 Å². The largest absolute Gasteiger partial charge is 0.364 e. The average molecular weight is 306 g/mol. The molecule has 2 heterocycles. The van der Waals surface area contributed by atoms with E-state index in [0.717, 1.165) is 26.8 Å². The van der Waals surface area contributed by atoms with Gasteiger partial charge in [-0.3, -0.25) is 0 Å². The lowest BCUT2D eigenvalue weighted by molar-refractivity contribution is -0.716. The fourth-order valence-corrected chi connectivity index (χ4v) is 3.26. The number of rotatable bonds is 3. The Balaban J connectivity index is 1.92. The van der Waals surface area contributed by atoms with E-state index in [9.17, 15) is 0 Å². The van der Waals surface area contributed by atoms with E-state index in [-0.39, 0.29) is 0 Å². The fourth-order valence-electron chi connectivity index (χ4n) is 2.25. The Kier molecular flexibility index (Phi) is 3.21. The summed E-state index contributed by atoms with van der Waals surface area (Å²) in [6, 6.07) is 20.4. The summed E-state index contributed by atoms with van der Waals surface area (Å²) < 4.78 is 0. The topological polar surface area (TPSA) is 58.3 Å². The molecular weight excluding hydrogens is 294 g/mol. The molecule has 5 nitrogen and oxygen atoms in total. The monoisotopic (exact) mass is 306 g/mol. The maximum atomic E-state index is 4.75. The molecule has 106 valence electrons. The van der Waals surface area contributed by atoms with Gasteiger partial charge in [-0.2, -0.15) is 5.10 Å². The summed E-state index contributed by atoms with van der Waals surface area (Å²) in [6.07, 6.45) is 1.53. The molecule has 0 amide bonds. The number of aromatic nitrogens is 5. The average Bonchev–Trinajstić information content (AvgIpc) is 3.26. The van der Waals surface area contributed by atoms with E-state index in [1.165, 1.54) is 6.33 Å². The van der Waals surface area contributed by atoms with Gasteiger partial charge in [0.15, 0.2) is 5.69 Å². The third-order valence-electron chi connectivity index (χ3n) is 3.26.